The van der Waals surface area contributed by atoms with Gasteiger partial charge in [0, 0.05) is 27.3 Å². The highest BCUT2D eigenvalue weighted by atomic mass is 79.9. The number of halogens is 1. The van der Waals surface area contributed by atoms with Crippen molar-refractivity contribution in [3.63, 3.8) is 0 Å². The Morgan fingerprint density at radius 2 is 1.82 bits per heavy atom. The van der Waals surface area contributed by atoms with Crippen LogP contribution in [0.2, 0.25) is 0 Å². The second-order valence-corrected chi connectivity index (χ2v) is 11.6. The first-order valence-electron chi connectivity index (χ1n) is 11.3. The molecule has 0 spiro atoms. The monoisotopic (exact) mass is 538 g/mol. The number of rotatable bonds is 5. The Kier molecular flexibility index (Phi) is 5.94. The van der Waals surface area contributed by atoms with Gasteiger partial charge >= 0.3 is 0 Å². The summed E-state index contributed by atoms with van der Waals surface area (Å²) < 4.78 is 35.8. The molecular weight excluding hydrogens is 512 g/mol. The number of methoxy groups -OCH3 is 1. The van der Waals surface area contributed by atoms with Crippen LogP contribution in [0, 0.1) is 19.8 Å². The van der Waals surface area contributed by atoms with E-state index >= 15 is 0 Å². The fourth-order valence-electron chi connectivity index (χ4n) is 5.01. The molecule has 0 fully saturated rings. The van der Waals surface area contributed by atoms with Crippen molar-refractivity contribution in [2.24, 2.45) is 5.92 Å². The third-order valence-corrected chi connectivity index (χ3v) is 8.80. The molecular formula is C27H27BrN2O3S. The van der Waals surface area contributed by atoms with Crippen LogP contribution in [-0.2, 0) is 10.0 Å². The minimum atomic E-state index is -3.72. The number of hydrogen-bond acceptors (Lipinski definition) is 4. The van der Waals surface area contributed by atoms with Gasteiger partial charge in [0.15, 0.2) is 0 Å². The Bertz CT molecular complexity index is 1400. The normalized spacial score (nSPS) is 20.9. The molecule has 3 aromatic rings. The lowest BCUT2D eigenvalue weighted by Crippen LogP contribution is -2.29. The van der Waals surface area contributed by atoms with Crippen LogP contribution in [0.4, 0.5) is 11.4 Å². The van der Waals surface area contributed by atoms with Gasteiger partial charge in [0.25, 0.3) is 10.0 Å². The van der Waals surface area contributed by atoms with Gasteiger partial charge in [-0.05, 0) is 91.4 Å². The van der Waals surface area contributed by atoms with Crippen LogP contribution in [0.15, 0.2) is 76.1 Å². The van der Waals surface area contributed by atoms with E-state index in [1.54, 1.807) is 19.2 Å². The van der Waals surface area contributed by atoms with Gasteiger partial charge in [-0.3, -0.25) is 4.72 Å². The molecule has 0 bridgehead atoms. The molecule has 1 aliphatic carbocycles. The first-order chi connectivity index (χ1) is 16.3. The predicted octanol–water partition coefficient (Wildman–Crippen LogP) is 6.70. The van der Waals surface area contributed by atoms with E-state index in [0.29, 0.717) is 5.69 Å². The highest BCUT2D eigenvalue weighted by molar-refractivity contribution is 9.10. The molecule has 0 unspecified atom stereocenters. The number of allylic oxidation sites excluding steroid dienone is 2. The number of anilines is 2. The lowest BCUT2D eigenvalue weighted by atomic mass is 9.77. The first-order valence-corrected chi connectivity index (χ1v) is 13.5. The summed E-state index contributed by atoms with van der Waals surface area (Å²) in [4.78, 5) is 0.267. The molecule has 2 N–H and O–H groups in total. The largest absolute Gasteiger partial charge is 0.496 e. The average Bonchev–Trinajstić information content (AvgIpc) is 3.31. The summed E-state index contributed by atoms with van der Waals surface area (Å²) in [7, 11) is -2.03. The second kappa shape index (κ2) is 8.78. The minimum absolute atomic E-state index is 0.0519. The summed E-state index contributed by atoms with van der Waals surface area (Å²) in [6.07, 6.45) is 5.31. The van der Waals surface area contributed by atoms with E-state index in [1.807, 2.05) is 50.2 Å². The van der Waals surface area contributed by atoms with E-state index in [1.165, 1.54) is 0 Å². The molecule has 0 amide bonds. The highest BCUT2D eigenvalue weighted by Crippen LogP contribution is 2.51. The molecule has 0 radical (unpaired) electrons. The highest BCUT2D eigenvalue weighted by Gasteiger charge is 2.39. The van der Waals surface area contributed by atoms with Gasteiger partial charge < -0.3 is 10.1 Å². The molecule has 1 aliphatic heterocycles. The van der Waals surface area contributed by atoms with Crippen LogP contribution < -0.4 is 14.8 Å². The van der Waals surface area contributed by atoms with Crippen molar-refractivity contribution in [3.05, 3.63) is 93.5 Å². The van der Waals surface area contributed by atoms with Gasteiger partial charge in [0.1, 0.15) is 5.75 Å². The van der Waals surface area contributed by atoms with Crippen molar-refractivity contribution >= 4 is 37.3 Å². The summed E-state index contributed by atoms with van der Waals surface area (Å²) in [5.41, 5.74) is 5.78. The molecule has 1 heterocycles. The van der Waals surface area contributed by atoms with Crippen LogP contribution in [-0.4, -0.2) is 15.5 Å². The topological polar surface area (TPSA) is 67.4 Å². The molecule has 5 nitrogen and oxygen atoms in total. The number of nitrogens with one attached hydrogen (secondary N) is 2. The number of benzene rings is 3. The Morgan fingerprint density at radius 1 is 1.00 bits per heavy atom. The van der Waals surface area contributed by atoms with Crippen LogP contribution in [0.1, 0.15) is 40.6 Å². The van der Waals surface area contributed by atoms with Gasteiger partial charge in [-0.2, -0.15) is 0 Å². The zero-order chi connectivity index (χ0) is 24.0. The van der Waals surface area contributed by atoms with Gasteiger partial charge in [-0.15, -0.1) is 0 Å². The average molecular weight is 539 g/mol. The van der Waals surface area contributed by atoms with E-state index in [4.69, 9.17) is 4.74 Å². The molecule has 0 saturated carbocycles. The number of ether oxygens (including phenoxy) is 1. The number of fused-ring (bicyclic) bond motifs is 3. The maximum Gasteiger partial charge on any atom is 0.261 e. The van der Waals surface area contributed by atoms with E-state index in [2.05, 4.69) is 44.2 Å². The molecule has 5 rings (SSSR count). The Hall–Kier alpha value is -2.77. The summed E-state index contributed by atoms with van der Waals surface area (Å²) in [5.74, 6) is 1.23. The maximum absolute atomic E-state index is 13.2. The third kappa shape index (κ3) is 4.12. The number of aryl methyl sites for hydroxylation is 2. The maximum atomic E-state index is 13.2. The van der Waals surface area contributed by atoms with Crippen molar-refractivity contribution in [1.82, 2.24) is 0 Å². The van der Waals surface area contributed by atoms with E-state index < -0.39 is 10.0 Å². The fraction of sp³-hybridized carbons (Fsp3) is 0.259. The third-order valence-electron chi connectivity index (χ3n) is 6.93. The van der Waals surface area contributed by atoms with Crippen LogP contribution in [0.5, 0.6) is 5.75 Å². The van der Waals surface area contributed by atoms with E-state index in [0.717, 1.165) is 44.6 Å². The molecule has 34 heavy (non-hydrogen) atoms. The van der Waals surface area contributed by atoms with Gasteiger partial charge in [-0.25, -0.2) is 8.42 Å². The van der Waals surface area contributed by atoms with Crippen molar-refractivity contribution < 1.29 is 13.2 Å². The minimum Gasteiger partial charge on any atom is -0.496 e. The molecule has 0 saturated heterocycles. The Morgan fingerprint density at radius 3 is 2.59 bits per heavy atom. The zero-order valence-corrected chi connectivity index (χ0v) is 21.7. The molecule has 2 aliphatic rings. The quantitative estimate of drug-likeness (QED) is 0.354. The van der Waals surface area contributed by atoms with Crippen LogP contribution in [0.3, 0.4) is 0 Å². The van der Waals surface area contributed by atoms with E-state index in [9.17, 15) is 8.42 Å². The molecule has 176 valence electrons. The summed E-state index contributed by atoms with van der Waals surface area (Å²) >= 11 is 3.59. The van der Waals surface area contributed by atoms with Crippen molar-refractivity contribution in [2.45, 2.75) is 37.1 Å². The molecule has 0 aromatic heterocycles. The second-order valence-electron chi connectivity index (χ2n) is 9.02. The van der Waals surface area contributed by atoms with Gasteiger partial charge in [-0.1, -0.05) is 34.1 Å². The number of hydrogen-bond donors (Lipinski definition) is 2. The summed E-state index contributed by atoms with van der Waals surface area (Å²) in [6, 6.07) is 17.0. The molecule has 7 heteroatoms. The van der Waals surface area contributed by atoms with Gasteiger partial charge in [0.05, 0.1) is 18.0 Å². The summed E-state index contributed by atoms with van der Waals surface area (Å²) in [5, 5.41) is 3.67. The zero-order valence-electron chi connectivity index (χ0n) is 19.3. The van der Waals surface area contributed by atoms with Crippen LogP contribution in [0.25, 0.3) is 0 Å². The lowest BCUT2D eigenvalue weighted by Gasteiger charge is -2.38. The van der Waals surface area contributed by atoms with Gasteiger partial charge in [0.2, 0.25) is 0 Å². The van der Waals surface area contributed by atoms with Crippen molar-refractivity contribution in [1.29, 1.82) is 0 Å². The Labute approximate surface area is 209 Å². The molecule has 3 aromatic carbocycles. The molecule has 3 atom stereocenters. The van der Waals surface area contributed by atoms with Crippen molar-refractivity contribution in [3.8, 4) is 5.75 Å². The van der Waals surface area contributed by atoms with Crippen molar-refractivity contribution in [2.75, 3.05) is 17.1 Å². The smallest absolute Gasteiger partial charge is 0.261 e. The summed E-state index contributed by atoms with van der Waals surface area (Å²) in [6.45, 7) is 3.98. The van der Waals surface area contributed by atoms with E-state index in [-0.39, 0.29) is 22.8 Å². The van der Waals surface area contributed by atoms with Crippen LogP contribution >= 0.6 is 15.9 Å². The standard InChI is InChI=1S/C27H27BrN2O3S/c1-16-7-9-19(13-17(16)2)30-34(31,32)20-10-11-25-23(15-20)21-5-4-6-22(21)27(29-25)24-14-18(28)8-12-26(24)33-3/h4-5,7-15,21-22,27,29-30H,6H2,1-3H3/t21-,22+,27-/m0/s1. The Balaban J connectivity index is 1.50. The first kappa shape index (κ1) is 23.0. The SMILES string of the molecule is COc1ccc(Br)cc1[C@H]1Nc2ccc(S(=O)(=O)Nc3ccc(C)c(C)c3)cc2[C@H]2C=CC[C@H]21. The lowest BCUT2D eigenvalue weighted by molar-refractivity contribution is 0.381. The number of sulfonamides is 1. The predicted molar refractivity (Wildman–Crippen MR) is 140 cm³/mol. The fourth-order valence-corrected chi connectivity index (χ4v) is 6.48.